The van der Waals surface area contributed by atoms with E-state index >= 15 is 0 Å². The Balaban J connectivity index is 0.000000172. The maximum absolute atomic E-state index is 5.12. The number of hydrogen-bond donors (Lipinski definition) is 0. The summed E-state index contributed by atoms with van der Waals surface area (Å²) in [5.74, 6) is 0.809. The number of hydrogen-bond acceptors (Lipinski definition) is 3. The third-order valence-corrected chi connectivity index (χ3v) is 3.84. The Morgan fingerprint density at radius 1 is 1.23 bits per heavy atom. The van der Waals surface area contributed by atoms with E-state index in [-0.39, 0.29) is 38.5 Å². The molecule has 2 aromatic rings. The van der Waals surface area contributed by atoms with Crippen molar-refractivity contribution in [1.29, 1.82) is 0 Å². The molecule has 0 amide bonds. The fourth-order valence-corrected chi connectivity index (χ4v) is 2.20. The van der Waals surface area contributed by atoms with E-state index in [0.29, 0.717) is 6.79 Å². The smallest absolute Gasteiger partial charge is 0.147 e. The summed E-state index contributed by atoms with van der Waals surface area (Å²) in [7, 11) is 0. The molecule has 2 aliphatic rings. The first-order valence-corrected chi connectivity index (χ1v) is 6.93. The Bertz CT molecular complexity index is 676. The minimum atomic E-state index is -0.361. The summed E-state index contributed by atoms with van der Waals surface area (Å²) < 4.78 is 10.2. The van der Waals surface area contributed by atoms with Gasteiger partial charge in [-0.05, 0) is 23.3 Å². The van der Waals surface area contributed by atoms with Gasteiger partial charge in [0.05, 0.1) is 5.79 Å². The first-order chi connectivity index (χ1) is 10.1. The summed E-state index contributed by atoms with van der Waals surface area (Å²) in [6, 6.07) is 6.09. The van der Waals surface area contributed by atoms with E-state index in [1.807, 2.05) is 57.6 Å². The van der Waals surface area contributed by atoms with E-state index in [2.05, 4.69) is 16.4 Å². The van der Waals surface area contributed by atoms with Gasteiger partial charge in [-0.2, -0.15) is 20.0 Å². The molecule has 0 spiro atoms. The van der Waals surface area contributed by atoms with Crippen molar-refractivity contribution < 1.29 is 42.2 Å². The molecule has 0 bridgehead atoms. The second-order valence-corrected chi connectivity index (χ2v) is 5.40. The predicted octanol–water partition coefficient (Wildman–Crippen LogP) is 4.54. The van der Waals surface area contributed by atoms with Gasteiger partial charge < -0.3 is 14.8 Å². The second-order valence-electron chi connectivity index (χ2n) is 5.40. The average Bonchev–Trinajstić information content (AvgIpc) is 2.46. The van der Waals surface area contributed by atoms with Crippen molar-refractivity contribution in [3.05, 3.63) is 53.6 Å². The molecule has 113 valence electrons. The Morgan fingerprint density at radius 3 is 2.59 bits per heavy atom. The van der Waals surface area contributed by atoms with E-state index in [1.165, 1.54) is 11.3 Å². The summed E-state index contributed by atoms with van der Waals surface area (Å²) in [4.78, 5) is 4.17. The normalized spacial score (nSPS) is 16.9. The van der Waals surface area contributed by atoms with Gasteiger partial charge in [-0.25, -0.2) is 0 Å². The predicted molar refractivity (Wildman–Crippen MR) is 83.8 cm³/mol. The maximum atomic E-state index is 5.12. The van der Waals surface area contributed by atoms with Crippen LogP contribution in [0.4, 0.5) is 5.69 Å². The minimum absolute atomic E-state index is 0. The second kappa shape index (κ2) is 7.18. The van der Waals surface area contributed by atoms with Crippen LogP contribution >= 0.6 is 0 Å². The van der Waals surface area contributed by atoms with Crippen LogP contribution in [0.15, 0.2) is 36.8 Å². The van der Waals surface area contributed by atoms with Crippen LogP contribution in [0.5, 0.6) is 0 Å². The Labute approximate surface area is 156 Å². The van der Waals surface area contributed by atoms with E-state index in [0.717, 1.165) is 16.6 Å². The molecule has 0 unspecified atom stereocenters. The van der Waals surface area contributed by atoms with Crippen LogP contribution in [0, 0.1) is 5.92 Å². The van der Waals surface area contributed by atoms with Crippen molar-refractivity contribution in [2.24, 2.45) is 0 Å². The number of aromatic nitrogens is 1. The van der Waals surface area contributed by atoms with Crippen molar-refractivity contribution >= 4 is 22.5 Å². The number of ether oxygens (including phenoxy) is 2. The van der Waals surface area contributed by atoms with Crippen molar-refractivity contribution in [1.82, 2.24) is 4.98 Å². The van der Waals surface area contributed by atoms with Crippen molar-refractivity contribution in [3.8, 4) is 0 Å². The van der Waals surface area contributed by atoms with E-state index < -0.39 is 0 Å². The Kier molecular flexibility index (Phi) is 5.72. The van der Waals surface area contributed by atoms with Crippen molar-refractivity contribution in [2.45, 2.75) is 26.6 Å². The van der Waals surface area contributed by atoms with Crippen molar-refractivity contribution in [2.75, 3.05) is 6.79 Å². The zero-order valence-corrected chi connectivity index (χ0v) is 15.9. The van der Waals surface area contributed by atoms with Gasteiger partial charge in [0.15, 0.2) is 0 Å². The molecule has 1 aromatic heterocycles. The standard InChI is InChI=1S/C11H7N2.C6H11O2.Y/c1-2-8-6-12-7-9-4-5-13-10(3-1)11(8)9;1-5(2)6(3)7-4-8-6;/h1-7H;4H2,1-3H3;/q2*-1;. The molecule has 1 radical (unpaired) electrons. The molecule has 0 N–H and O–H groups in total. The van der Waals surface area contributed by atoms with Gasteiger partial charge in [0.1, 0.15) is 6.79 Å². The Hall–Kier alpha value is -0.806. The quantitative estimate of drug-likeness (QED) is 0.692. The maximum Gasteiger partial charge on any atom is 0.147 e. The number of pyridine rings is 1. The topological polar surface area (TPSA) is 45.5 Å². The third kappa shape index (κ3) is 3.41. The molecule has 1 aromatic carbocycles. The molecular formula is C17H18N2O2Y-2. The summed E-state index contributed by atoms with van der Waals surface area (Å²) >= 11 is 0. The molecule has 2 aliphatic heterocycles. The van der Waals surface area contributed by atoms with E-state index in [9.17, 15) is 0 Å². The number of nitrogens with zero attached hydrogens (tertiary/aromatic N) is 2. The monoisotopic (exact) mass is 371 g/mol. The van der Waals surface area contributed by atoms with Gasteiger partial charge in [-0.3, -0.25) is 10.9 Å². The third-order valence-electron chi connectivity index (χ3n) is 3.84. The molecule has 4 nitrogen and oxygen atoms in total. The fourth-order valence-electron chi connectivity index (χ4n) is 2.20. The molecule has 1 saturated heterocycles. The van der Waals surface area contributed by atoms with Crippen LogP contribution < -0.4 is 0 Å². The summed E-state index contributed by atoms with van der Waals surface area (Å²) in [6.45, 7) is 6.37. The summed E-state index contributed by atoms with van der Waals surface area (Å²) in [5.41, 5.74) is 2.19. The van der Waals surface area contributed by atoms with Crippen molar-refractivity contribution in [3.63, 3.8) is 0 Å². The molecular weight excluding hydrogens is 353 g/mol. The molecule has 22 heavy (non-hydrogen) atoms. The van der Waals surface area contributed by atoms with Gasteiger partial charge in [0, 0.05) is 45.1 Å². The fraction of sp³-hybridized carbons (Fsp3) is 0.294. The van der Waals surface area contributed by atoms with Gasteiger partial charge in [0.25, 0.3) is 0 Å². The summed E-state index contributed by atoms with van der Waals surface area (Å²) in [5, 5.41) is 6.67. The van der Waals surface area contributed by atoms with Gasteiger partial charge in [-0.1, -0.05) is 24.3 Å². The molecule has 0 saturated carbocycles. The molecule has 0 atom stereocenters. The Morgan fingerprint density at radius 2 is 2.00 bits per heavy atom. The van der Waals surface area contributed by atoms with Crippen LogP contribution in [0.1, 0.15) is 26.3 Å². The molecule has 5 heteroatoms. The van der Waals surface area contributed by atoms with E-state index in [1.54, 1.807) is 0 Å². The van der Waals surface area contributed by atoms with Crippen LogP contribution in [0.2, 0.25) is 0 Å². The average molecular weight is 371 g/mol. The molecule has 1 fully saturated rings. The molecule has 3 heterocycles. The number of benzene rings is 1. The largest absolute Gasteiger partial charge is 0.664 e. The van der Waals surface area contributed by atoms with E-state index in [4.69, 9.17) is 9.47 Å². The minimum Gasteiger partial charge on any atom is -0.664 e. The van der Waals surface area contributed by atoms with Crippen LogP contribution in [0.3, 0.4) is 0 Å². The summed E-state index contributed by atoms with van der Waals surface area (Å²) in [6.07, 6.45) is 7.55. The first kappa shape index (κ1) is 17.5. The first-order valence-electron chi connectivity index (χ1n) is 6.93. The van der Waals surface area contributed by atoms with Crippen LogP contribution in [-0.2, 0) is 42.2 Å². The molecule has 0 aliphatic carbocycles. The molecule has 4 rings (SSSR count). The van der Waals surface area contributed by atoms with Crippen LogP contribution in [-0.4, -0.2) is 17.6 Å². The van der Waals surface area contributed by atoms with Gasteiger partial charge in [-0.15, -0.1) is 5.69 Å². The number of rotatable bonds is 1. The van der Waals surface area contributed by atoms with Gasteiger partial charge >= 0.3 is 0 Å². The van der Waals surface area contributed by atoms with Gasteiger partial charge in [0.2, 0.25) is 0 Å². The zero-order chi connectivity index (χ0) is 14.9. The zero-order valence-electron chi connectivity index (χ0n) is 13.0. The SMILES string of the molecule is C1=Cc2cncc3cccc(c23)[N-]1.C[C-](C)C1(C)OCO1.[Y]. The van der Waals surface area contributed by atoms with Crippen LogP contribution in [0.25, 0.3) is 22.2 Å².